The van der Waals surface area contributed by atoms with Crippen LogP contribution in [-0.4, -0.2) is 5.78 Å². The predicted octanol–water partition coefficient (Wildman–Crippen LogP) is 5.34. The second-order valence-electron chi connectivity index (χ2n) is 7.66. The lowest BCUT2D eigenvalue weighted by molar-refractivity contribution is 0.0819. The highest BCUT2D eigenvalue weighted by Crippen LogP contribution is 2.40. The Morgan fingerprint density at radius 3 is 1.90 bits per heavy atom. The van der Waals surface area contributed by atoms with E-state index in [0.717, 1.165) is 24.3 Å². The SMILES string of the molecule is Cc1cc(C)cc(C(=O)C2CCC(C(C)(C)C)CC2)c1. The number of benzene rings is 1. The first-order chi connectivity index (χ1) is 9.27. The van der Waals surface area contributed by atoms with Gasteiger partial charge in [0.15, 0.2) is 5.78 Å². The Morgan fingerprint density at radius 2 is 1.45 bits per heavy atom. The Balaban J connectivity index is 2.05. The second kappa shape index (κ2) is 5.71. The molecule has 20 heavy (non-hydrogen) atoms. The van der Waals surface area contributed by atoms with Crippen molar-refractivity contribution in [3.63, 3.8) is 0 Å². The van der Waals surface area contributed by atoms with Gasteiger partial charge in [0.1, 0.15) is 0 Å². The van der Waals surface area contributed by atoms with E-state index < -0.39 is 0 Å². The zero-order chi connectivity index (χ0) is 14.9. The lowest BCUT2D eigenvalue weighted by Gasteiger charge is -2.36. The van der Waals surface area contributed by atoms with Crippen molar-refractivity contribution in [3.05, 3.63) is 34.9 Å². The van der Waals surface area contributed by atoms with E-state index in [0.29, 0.717) is 11.2 Å². The van der Waals surface area contributed by atoms with E-state index >= 15 is 0 Å². The lowest BCUT2D eigenvalue weighted by Crippen LogP contribution is -2.28. The monoisotopic (exact) mass is 272 g/mol. The van der Waals surface area contributed by atoms with Crippen LogP contribution >= 0.6 is 0 Å². The molecular formula is C19H28O. The summed E-state index contributed by atoms with van der Waals surface area (Å²) in [4.78, 5) is 12.7. The summed E-state index contributed by atoms with van der Waals surface area (Å²) in [5.74, 6) is 1.38. The largest absolute Gasteiger partial charge is 0.294 e. The third-order valence-corrected chi connectivity index (χ3v) is 4.83. The van der Waals surface area contributed by atoms with Crippen molar-refractivity contribution in [2.24, 2.45) is 17.3 Å². The number of hydrogen-bond acceptors (Lipinski definition) is 1. The lowest BCUT2D eigenvalue weighted by atomic mass is 9.68. The van der Waals surface area contributed by atoms with Gasteiger partial charge >= 0.3 is 0 Å². The molecular weight excluding hydrogens is 244 g/mol. The van der Waals surface area contributed by atoms with E-state index in [1.807, 2.05) is 12.1 Å². The molecule has 0 bridgehead atoms. The molecule has 1 heteroatoms. The molecule has 1 aromatic rings. The summed E-state index contributed by atoms with van der Waals surface area (Å²) in [6, 6.07) is 6.23. The van der Waals surface area contributed by atoms with Gasteiger partial charge in [0.2, 0.25) is 0 Å². The molecule has 1 nitrogen and oxygen atoms in total. The molecule has 1 saturated carbocycles. The molecule has 0 heterocycles. The first-order valence-electron chi connectivity index (χ1n) is 7.90. The highest BCUT2D eigenvalue weighted by Gasteiger charge is 2.32. The quantitative estimate of drug-likeness (QED) is 0.664. The summed E-state index contributed by atoms with van der Waals surface area (Å²) in [6.07, 6.45) is 4.52. The molecule has 0 unspecified atom stereocenters. The number of rotatable bonds is 2. The fourth-order valence-electron chi connectivity index (χ4n) is 3.57. The first kappa shape index (κ1) is 15.3. The normalized spacial score (nSPS) is 23.6. The average molecular weight is 272 g/mol. The minimum Gasteiger partial charge on any atom is -0.294 e. The van der Waals surface area contributed by atoms with E-state index in [1.165, 1.54) is 24.0 Å². The summed E-state index contributed by atoms with van der Waals surface area (Å²) < 4.78 is 0. The first-order valence-corrected chi connectivity index (χ1v) is 7.90. The summed E-state index contributed by atoms with van der Waals surface area (Å²) >= 11 is 0. The van der Waals surface area contributed by atoms with E-state index in [1.54, 1.807) is 0 Å². The predicted molar refractivity (Wildman–Crippen MR) is 85.1 cm³/mol. The molecule has 0 N–H and O–H groups in total. The van der Waals surface area contributed by atoms with Gasteiger partial charge in [-0.15, -0.1) is 0 Å². The summed E-state index contributed by atoms with van der Waals surface area (Å²) in [7, 11) is 0. The van der Waals surface area contributed by atoms with Crippen LogP contribution in [0.1, 0.15) is 67.9 Å². The van der Waals surface area contributed by atoms with E-state index in [2.05, 4.69) is 40.7 Å². The van der Waals surface area contributed by atoms with Crippen molar-refractivity contribution in [1.29, 1.82) is 0 Å². The van der Waals surface area contributed by atoms with Crippen LogP contribution in [0.2, 0.25) is 0 Å². The Hall–Kier alpha value is -1.11. The third kappa shape index (κ3) is 3.50. The van der Waals surface area contributed by atoms with Gasteiger partial charge < -0.3 is 0 Å². The molecule has 0 saturated heterocycles. The molecule has 2 rings (SSSR count). The molecule has 1 aliphatic rings. The van der Waals surface area contributed by atoms with Crippen LogP contribution in [-0.2, 0) is 0 Å². The Kier molecular flexibility index (Phi) is 4.36. The van der Waals surface area contributed by atoms with Gasteiger partial charge in [-0.2, -0.15) is 0 Å². The topological polar surface area (TPSA) is 17.1 Å². The molecule has 0 amide bonds. The summed E-state index contributed by atoms with van der Waals surface area (Å²) in [6.45, 7) is 11.1. The van der Waals surface area contributed by atoms with Crippen LogP contribution in [0.4, 0.5) is 0 Å². The maximum atomic E-state index is 12.7. The molecule has 110 valence electrons. The van der Waals surface area contributed by atoms with Crippen LogP contribution in [0.5, 0.6) is 0 Å². The maximum absolute atomic E-state index is 12.7. The number of ketones is 1. The smallest absolute Gasteiger partial charge is 0.165 e. The fraction of sp³-hybridized carbons (Fsp3) is 0.632. The van der Waals surface area contributed by atoms with Gasteiger partial charge in [-0.25, -0.2) is 0 Å². The van der Waals surface area contributed by atoms with Crippen LogP contribution in [0.3, 0.4) is 0 Å². The molecule has 0 radical (unpaired) electrons. The molecule has 1 aliphatic carbocycles. The van der Waals surface area contributed by atoms with Crippen LogP contribution < -0.4 is 0 Å². The van der Waals surface area contributed by atoms with E-state index in [4.69, 9.17) is 0 Å². The summed E-state index contributed by atoms with van der Waals surface area (Å²) in [5.41, 5.74) is 3.68. The number of aryl methyl sites for hydroxylation is 2. The van der Waals surface area contributed by atoms with Gasteiger partial charge in [0.25, 0.3) is 0 Å². The fourth-order valence-corrected chi connectivity index (χ4v) is 3.57. The van der Waals surface area contributed by atoms with Crippen molar-refractivity contribution in [2.75, 3.05) is 0 Å². The zero-order valence-electron chi connectivity index (χ0n) is 13.6. The number of hydrogen-bond donors (Lipinski definition) is 0. The molecule has 0 aliphatic heterocycles. The Bertz CT molecular complexity index is 465. The maximum Gasteiger partial charge on any atom is 0.165 e. The number of carbonyl (C=O) groups is 1. The number of carbonyl (C=O) groups excluding carboxylic acids is 1. The van der Waals surface area contributed by atoms with Gasteiger partial charge in [-0.1, -0.05) is 38.0 Å². The Labute approximate surface area is 123 Å². The van der Waals surface area contributed by atoms with E-state index in [9.17, 15) is 4.79 Å². The molecule has 0 aromatic heterocycles. The highest BCUT2D eigenvalue weighted by molar-refractivity contribution is 5.98. The van der Waals surface area contributed by atoms with Gasteiger partial charge in [0, 0.05) is 11.5 Å². The van der Waals surface area contributed by atoms with Crippen LogP contribution in [0, 0.1) is 31.1 Å². The highest BCUT2D eigenvalue weighted by atomic mass is 16.1. The van der Waals surface area contributed by atoms with Crippen molar-refractivity contribution < 1.29 is 4.79 Å². The molecule has 0 atom stereocenters. The van der Waals surface area contributed by atoms with E-state index in [-0.39, 0.29) is 5.92 Å². The second-order valence-corrected chi connectivity index (χ2v) is 7.66. The van der Waals surface area contributed by atoms with Gasteiger partial charge in [-0.3, -0.25) is 4.79 Å². The molecule has 1 fully saturated rings. The minimum atomic E-state index is 0.245. The average Bonchev–Trinajstić information content (AvgIpc) is 2.36. The van der Waals surface area contributed by atoms with Crippen molar-refractivity contribution in [2.45, 2.75) is 60.3 Å². The zero-order valence-corrected chi connectivity index (χ0v) is 13.6. The Morgan fingerprint density at radius 1 is 0.950 bits per heavy atom. The number of Topliss-reactive ketones (excluding diaryl/α,β-unsaturated/α-hetero) is 1. The summed E-state index contributed by atoms with van der Waals surface area (Å²) in [5, 5.41) is 0. The van der Waals surface area contributed by atoms with Crippen molar-refractivity contribution in [3.8, 4) is 0 Å². The standard InChI is InChI=1S/C19H28O/c1-13-10-14(2)12-16(11-13)18(20)15-6-8-17(9-7-15)19(3,4)5/h10-12,15,17H,6-9H2,1-5H3. The minimum absolute atomic E-state index is 0.245. The van der Waals surface area contributed by atoms with Crippen LogP contribution in [0.15, 0.2) is 18.2 Å². The van der Waals surface area contributed by atoms with Gasteiger partial charge in [0.05, 0.1) is 0 Å². The van der Waals surface area contributed by atoms with Crippen molar-refractivity contribution >= 4 is 5.78 Å². The molecule has 1 aromatic carbocycles. The van der Waals surface area contributed by atoms with Crippen molar-refractivity contribution in [1.82, 2.24) is 0 Å². The van der Waals surface area contributed by atoms with Gasteiger partial charge in [-0.05, 0) is 63.0 Å². The van der Waals surface area contributed by atoms with Crippen LogP contribution in [0.25, 0.3) is 0 Å². The molecule has 0 spiro atoms. The third-order valence-electron chi connectivity index (χ3n) is 4.83.